The largest absolute Gasteiger partial charge is 0.343 e. The molecule has 0 atom stereocenters. The summed E-state index contributed by atoms with van der Waals surface area (Å²) in [5.74, 6) is 1.12. The van der Waals surface area contributed by atoms with E-state index in [1.54, 1.807) is 41.3 Å². The average molecular weight is 489 g/mol. The maximum Gasteiger partial charge on any atom is 0.257 e. The number of likely N-dealkylation sites (tertiary alicyclic amines) is 1. The fraction of sp³-hybridized carbons (Fsp3) is 0.348. The van der Waals surface area contributed by atoms with Crippen LogP contribution in [0, 0.1) is 6.92 Å². The monoisotopic (exact) mass is 488 g/mol. The molecule has 0 radical (unpaired) electrons. The highest BCUT2D eigenvalue weighted by Gasteiger charge is 2.27. The van der Waals surface area contributed by atoms with Crippen LogP contribution >= 0.6 is 11.6 Å². The lowest BCUT2D eigenvalue weighted by Crippen LogP contribution is -2.39. The smallest absolute Gasteiger partial charge is 0.257 e. The fourth-order valence-electron chi connectivity index (χ4n) is 3.75. The number of nitrogens with zero attached hydrogens (tertiary/aromatic N) is 3. The molecule has 174 valence electrons. The molecule has 0 saturated carbocycles. The normalized spacial score (nSPS) is 15.0. The van der Waals surface area contributed by atoms with Gasteiger partial charge in [0.15, 0.2) is 5.82 Å². The molecule has 1 fully saturated rings. The van der Waals surface area contributed by atoms with E-state index in [4.69, 9.17) is 16.1 Å². The highest BCUT2D eigenvalue weighted by Crippen LogP contribution is 2.28. The van der Waals surface area contributed by atoms with E-state index >= 15 is 0 Å². The quantitative estimate of drug-likeness (QED) is 0.542. The molecule has 1 aromatic heterocycles. The van der Waals surface area contributed by atoms with Gasteiger partial charge in [-0.25, -0.2) is 13.1 Å². The summed E-state index contributed by atoms with van der Waals surface area (Å²) in [6, 6.07) is 13.8. The third-order valence-electron chi connectivity index (χ3n) is 5.71. The molecule has 0 aliphatic carbocycles. The molecule has 1 aliphatic heterocycles. The van der Waals surface area contributed by atoms with Crippen LogP contribution in [0.2, 0.25) is 5.02 Å². The van der Waals surface area contributed by atoms with Gasteiger partial charge < -0.3 is 9.42 Å². The molecule has 8 nitrogen and oxygen atoms in total. The Morgan fingerprint density at radius 1 is 1.12 bits per heavy atom. The highest BCUT2D eigenvalue weighted by atomic mass is 35.5. The number of sulfonamides is 1. The van der Waals surface area contributed by atoms with Crippen molar-refractivity contribution in [2.24, 2.45) is 0 Å². The number of piperidine rings is 1. The van der Waals surface area contributed by atoms with Gasteiger partial charge in [-0.3, -0.25) is 4.79 Å². The Bertz CT molecular complexity index is 1200. The number of carbonyl (C=O) groups excluding carboxylic acids is 1. The lowest BCUT2D eigenvalue weighted by atomic mass is 9.96. The van der Waals surface area contributed by atoms with Gasteiger partial charge in [0, 0.05) is 42.6 Å². The number of hydrogen-bond donors (Lipinski definition) is 1. The second-order valence-corrected chi connectivity index (χ2v) is 10.3. The molecule has 33 heavy (non-hydrogen) atoms. The molecule has 0 spiro atoms. The maximum atomic E-state index is 12.6. The van der Waals surface area contributed by atoms with Gasteiger partial charge in [-0.15, -0.1) is 0 Å². The molecule has 1 N–H and O–H groups in total. The minimum absolute atomic E-state index is 0.0598. The van der Waals surface area contributed by atoms with Crippen LogP contribution in [0.15, 0.2) is 57.9 Å². The van der Waals surface area contributed by atoms with Crippen LogP contribution in [-0.2, 0) is 14.8 Å². The van der Waals surface area contributed by atoms with Gasteiger partial charge in [0.05, 0.1) is 4.90 Å². The zero-order chi connectivity index (χ0) is 23.4. The van der Waals surface area contributed by atoms with E-state index in [2.05, 4.69) is 14.9 Å². The Balaban J connectivity index is 1.25. The van der Waals surface area contributed by atoms with Crippen LogP contribution in [0.1, 0.15) is 36.6 Å². The van der Waals surface area contributed by atoms with E-state index in [-0.39, 0.29) is 29.7 Å². The summed E-state index contributed by atoms with van der Waals surface area (Å²) in [4.78, 5) is 19.0. The number of rotatable bonds is 7. The number of hydrogen-bond acceptors (Lipinski definition) is 6. The first-order valence-electron chi connectivity index (χ1n) is 10.8. The Labute approximate surface area is 198 Å². The van der Waals surface area contributed by atoms with Crippen LogP contribution in [0.25, 0.3) is 11.5 Å². The van der Waals surface area contributed by atoms with Gasteiger partial charge in [0.2, 0.25) is 15.9 Å². The summed E-state index contributed by atoms with van der Waals surface area (Å²) in [7, 11) is -3.63. The van der Waals surface area contributed by atoms with E-state index < -0.39 is 10.0 Å². The van der Waals surface area contributed by atoms with Crippen molar-refractivity contribution in [3.05, 3.63) is 64.9 Å². The Morgan fingerprint density at radius 3 is 2.45 bits per heavy atom. The predicted molar refractivity (Wildman–Crippen MR) is 124 cm³/mol. The van der Waals surface area contributed by atoms with Crippen LogP contribution in [0.3, 0.4) is 0 Å². The molecule has 1 aliphatic rings. The molecule has 4 rings (SSSR count). The SMILES string of the molecule is Cc1ccc(S(=O)(=O)NCCC(=O)N2CCC(c3noc(-c4ccc(Cl)cc4)n3)CC2)cc1. The molecule has 10 heteroatoms. The van der Waals surface area contributed by atoms with E-state index in [1.165, 1.54) is 0 Å². The molecular formula is C23H25ClN4O4S. The van der Waals surface area contributed by atoms with Crippen molar-refractivity contribution in [1.82, 2.24) is 19.8 Å². The number of halogens is 1. The molecule has 2 heterocycles. The van der Waals surface area contributed by atoms with Crippen LogP contribution in [-0.4, -0.2) is 49.0 Å². The molecule has 0 bridgehead atoms. The van der Waals surface area contributed by atoms with Gasteiger partial charge in [0.1, 0.15) is 0 Å². The lowest BCUT2D eigenvalue weighted by Gasteiger charge is -2.30. The molecular weight excluding hydrogens is 464 g/mol. The first-order valence-corrected chi connectivity index (χ1v) is 12.6. The van der Waals surface area contributed by atoms with E-state index in [0.29, 0.717) is 29.8 Å². The summed E-state index contributed by atoms with van der Waals surface area (Å²) in [6.45, 7) is 3.09. The Morgan fingerprint density at radius 2 is 1.79 bits per heavy atom. The van der Waals surface area contributed by atoms with Crippen molar-refractivity contribution >= 4 is 27.5 Å². The van der Waals surface area contributed by atoms with Crippen molar-refractivity contribution in [2.75, 3.05) is 19.6 Å². The summed E-state index contributed by atoms with van der Waals surface area (Å²) in [5.41, 5.74) is 1.79. The summed E-state index contributed by atoms with van der Waals surface area (Å²) in [5, 5.41) is 4.76. The standard InChI is InChI=1S/C23H25ClN4O4S/c1-16-2-8-20(9-3-16)33(30,31)25-13-10-21(29)28-14-11-17(12-15-28)22-26-23(32-27-22)18-4-6-19(24)7-5-18/h2-9,17,25H,10-15H2,1H3. The van der Waals surface area contributed by atoms with Crippen LogP contribution < -0.4 is 4.72 Å². The van der Waals surface area contributed by atoms with Gasteiger partial charge in [-0.2, -0.15) is 4.98 Å². The zero-order valence-corrected chi connectivity index (χ0v) is 19.8. The number of benzene rings is 2. The van der Waals surface area contributed by atoms with E-state index in [1.807, 2.05) is 19.1 Å². The summed E-state index contributed by atoms with van der Waals surface area (Å²) in [6.07, 6.45) is 1.56. The van der Waals surface area contributed by atoms with Crippen molar-refractivity contribution < 1.29 is 17.7 Å². The molecule has 1 saturated heterocycles. The number of carbonyl (C=O) groups is 1. The first-order chi connectivity index (χ1) is 15.8. The van der Waals surface area contributed by atoms with Gasteiger partial charge >= 0.3 is 0 Å². The lowest BCUT2D eigenvalue weighted by molar-refractivity contribution is -0.132. The third-order valence-corrected chi connectivity index (χ3v) is 7.44. The minimum atomic E-state index is -3.63. The number of amides is 1. The number of nitrogens with one attached hydrogen (secondary N) is 1. The fourth-order valence-corrected chi connectivity index (χ4v) is 4.91. The molecule has 1 amide bonds. The number of aryl methyl sites for hydroxylation is 1. The second-order valence-electron chi connectivity index (χ2n) is 8.08. The maximum absolute atomic E-state index is 12.6. The molecule has 2 aromatic carbocycles. The van der Waals surface area contributed by atoms with E-state index in [0.717, 1.165) is 24.0 Å². The van der Waals surface area contributed by atoms with Crippen LogP contribution in [0.5, 0.6) is 0 Å². The molecule has 3 aromatic rings. The predicted octanol–water partition coefficient (Wildman–Crippen LogP) is 3.77. The van der Waals surface area contributed by atoms with E-state index in [9.17, 15) is 13.2 Å². The van der Waals surface area contributed by atoms with Gasteiger partial charge in [-0.1, -0.05) is 34.5 Å². The summed E-state index contributed by atoms with van der Waals surface area (Å²) >= 11 is 5.92. The minimum Gasteiger partial charge on any atom is -0.343 e. The van der Waals surface area contributed by atoms with Crippen molar-refractivity contribution in [3.8, 4) is 11.5 Å². The number of aromatic nitrogens is 2. The first kappa shape index (κ1) is 23.4. The topological polar surface area (TPSA) is 105 Å². The van der Waals surface area contributed by atoms with Crippen molar-refractivity contribution in [2.45, 2.75) is 37.0 Å². The third kappa shape index (κ3) is 5.79. The molecule has 0 unspecified atom stereocenters. The average Bonchev–Trinajstić information content (AvgIpc) is 3.30. The van der Waals surface area contributed by atoms with Gasteiger partial charge in [0.25, 0.3) is 5.89 Å². The second kappa shape index (κ2) is 10.0. The van der Waals surface area contributed by atoms with Crippen LogP contribution in [0.4, 0.5) is 0 Å². The Kier molecular flexibility index (Phi) is 7.11. The zero-order valence-electron chi connectivity index (χ0n) is 18.2. The summed E-state index contributed by atoms with van der Waals surface area (Å²) < 4.78 is 32.6. The van der Waals surface area contributed by atoms with Crippen molar-refractivity contribution in [3.63, 3.8) is 0 Å². The Hall–Kier alpha value is -2.75. The van der Waals surface area contributed by atoms with Gasteiger partial charge in [-0.05, 0) is 56.2 Å². The highest BCUT2D eigenvalue weighted by molar-refractivity contribution is 7.89. The van der Waals surface area contributed by atoms with Crippen molar-refractivity contribution in [1.29, 1.82) is 0 Å².